The highest BCUT2D eigenvalue weighted by Crippen LogP contribution is 2.34. The first-order chi connectivity index (χ1) is 19.8. The first kappa shape index (κ1) is 7.16. The average molecular weight is 400 g/mol. The molecule has 0 unspecified atom stereocenters. The Morgan fingerprint density at radius 3 is 2.71 bits per heavy atom. The van der Waals surface area contributed by atoms with Gasteiger partial charge in [0, 0.05) is 37.4 Å². The topological polar surface area (TPSA) is 107 Å². The van der Waals surface area contributed by atoms with Crippen LogP contribution in [-0.2, 0) is 0 Å². The van der Waals surface area contributed by atoms with Gasteiger partial charge in [0.1, 0.15) is 5.82 Å². The number of methoxy groups -OCH3 is 2. The van der Waals surface area contributed by atoms with Crippen LogP contribution in [0, 0.1) is 0 Å². The number of nitrogens with zero attached hydrogens (tertiary/aromatic N) is 4. The number of carbonyl (C=O) groups is 1. The lowest BCUT2D eigenvalue weighted by Gasteiger charge is -2.34. The smallest absolute Gasteiger partial charge is 0.289 e. The number of furan rings is 1. The largest absolute Gasteiger partial charge is 0.493 e. The van der Waals surface area contributed by atoms with E-state index >= 15 is 0 Å². The SMILES string of the molecule is [2H]N([2H])c1nc(N2C([2H])([2H])C([2H])([2H])N(C(=O)c3ccco3)C([2H])([2H])C2([2H])[2H])nc2cc(OC([2H])([2H])[2H])c(OC([2H])([2H])[2H])cc12. The molecule has 9 heteroatoms. The highest BCUT2D eigenvalue weighted by molar-refractivity contribution is 5.92. The summed E-state index contributed by atoms with van der Waals surface area (Å²) in [6.45, 7) is -14.7. The molecule has 0 aliphatic carbocycles. The second-order valence-electron chi connectivity index (χ2n) is 5.27. The average Bonchev–Trinajstić information content (AvgIpc) is 3.36. The van der Waals surface area contributed by atoms with Crippen LogP contribution < -0.4 is 20.1 Å². The molecule has 4 rings (SSSR count). The maximum atomic E-state index is 13.1. The number of piperazine rings is 1. The van der Waals surface area contributed by atoms with Gasteiger partial charge in [-0.05, 0) is 18.2 Å². The van der Waals surface area contributed by atoms with Crippen molar-refractivity contribution < 1.29 is 40.7 Å². The van der Waals surface area contributed by atoms with E-state index in [2.05, 4.69) is 9.97 Å². The molecule has 9 nitrogen and oxygen atoms in total. The summed E-state index contributed by atoms with van der Waals surface area (Å²) in [5.74, 6) is -5.57. The van der Waals surface area contributed by atoms with Crippen molar-refractivity contribution in [2.24, 2.45) is 0 Å². The molecule has 28 heavy (non-hydrogen) atoms. The van der Waals surface area contributed by atoms with Crippen LogP contribution in [0.15, 0.2) is 34.9 Å². The van der Waals surface area contributed by atoms with Gasteiger partial charge in [0.25, 0.3) is 5.91 Å². The lowest BCUT2D eigenvalue weighted by atomic mass is 10.2. The van der Waals surface area contributed by atoms with Crippen molar-refractivity contribution in [1.29, 1.82) is 0 Å². The van der Waals surface area contributed by atoms with E-state index < -0.39 is 80.5 Å². The van der Waals surface area contributed by atoms with E-state index in [0.717, 1.165) is 24.5 Å². The lowest BCUT2D eigenvalue weighted by Crippen LogP contribution is -2.49. The summed E-state index contributed by atoms with van der Waals surface area (Å²) in [5, 5.41) is -0.380. The molecule has 1 aliphatic heterocycles. The van der Waals surface area contributed by atoms with Crippen molar-refractivity contribution in [3.63, 3.8) is 0 Å². The number of rotatable bonds is 5. The molecule has 3 aromatic rings. The predicted octanol–water partition coefficient (Wildman–Crippen LogP) is 1.78. The minimum atomic E-state index is -3.69. The summed E-state index contributed by atoms with van der Waals surface area (Å²) in [6.07, 6.45) is 1.01. The summed E-state index contributed by atoms with van der Waals surface area (Å²) >= 11 is 0. The van der Waals surface area contributed by atoms with Crippen molar-refractivity contribution in [1.82, 2.24) is 14.9 Å². The fourth-order valence-electron chi connectivity index (χ4n) is 2.34. The monoisotopic (exact) mass is 399 g/mol. The van der Waals surface area contributed by atoms with Gasteiger partial charge in [0.05, 0.1) is 45.0 Å². The molecule has 1 saturated heterocycles. The normalized spacial score (nSPS) is 30.7. The Morgan fingerprint density at radius 2 is 2.04 bits per heavy atom. The Bertz CT molecular complexity index is 1550. The number of amides is 1. The minimum absolute atomic E-state index is 0.157. The van der Waals surface area contributed by atoms with E-state index in [9.17, 15) is 4.79 Å². The number of nitrogen functional groups attached to an aromatic ring is 1. The molecule has 1 aliphatic rings. The Morgan fingerprint density at radius 1 is 1.25 bits per heavy atom. The number of nitrogens with two attached hydrogens (primary N) is 1. The standard InChI is InChI=1S/C19H21N5O4/c1-26-15-10-12-13(11-16(15)27-2)21-19(22-17(12)20)24-7-5-23(6-8-24)18(25)14-4-3-9-28-14/h3-4,9-11H,5-8H2,1-2H3,(H2,20,21,22)/i1D3,2D3,5D2,6D2,7D2,8D2/hD2. The molecule has 146 valence electrons. The molecule has 0 spiro atoms. The molecule has 1 amide bonds. The molecule has 0 saturated carbocycles. The van der Waals surface area contributed by atoms with Crippen molar-refractivity contribution in [3.05, 3.63) is 36.3 Å². The number of hydrogen-bond acceptors (Lipinski definition) is 8. The quantitative estimate of drug-likeness (QED) is 0.692. The number of ether oxygens (including phenoxy) is 2. The summed E-state index contributed by atoms with van der Waals surface area (Å²) in [6, 6.07) is 3.81. The molecule has 3 heterocycles. The summed E-state index contributed by atoms with van der Waals surface area (Å²) in [7, 11) is -6.31. The molecule has 0 radical (unpaired) electrons. The van der Waals surface area contributed by atoms with Crippen molar-refractivity contribution >= 4 is 28.6 Å². The van der Waals surface area contributed by atoms with Gasteiger partial charge >= 0.3 is 0 Å². The maximum absolute atomic E-state index is 13.1. The molecular formula is C19H21N5O4. The van der Waals surface area contributed by atoms with Gasteiger partial charge in [-0.25, -0.2) is 4.98 Å². The van der Waals surface area contributed by atoms with E-state index in [0.29, 0.717) is 0 Å². The van der Waals surface area contributed by atoms with Crippen LogP contribution >= 0.6 is 0 Å². The third-order valence-electron chi connectivity index (χ3n) is 3.63. The van der Waals surface area contributed by atoms with Crippen LogP contribution in [0.1, 0.15) is 29.7 Å². The predicted molar refractivity (Wildman–Crippen MR) is 104 cm³/mol. The Hall–Kier alpha value is -3.49. The van der Waals surface area contributed by atoms with Gasteiger partial charge in [-0.2, -0.15) is 4.98 Å². The van der Waals surface area contributed by atoms with Gasteiger partial charge in [-0.15, -0.1) is 0 Å². The third kappa shape index (κ3) is 3.15. The number of fused-ring (bicyclic) bond motifs is 1. The first-order valence-electron chi connectivity index (χ1n) is 15.4. The van der Waals surface area contributed by atoms with Crippen LogP contribution in [0.2, 0.25) is 2.82 Å². The van der Waals surface area contributed by atoms with Gasteiger partial charge in [-0.3, -0.25) is 4.79 Å². The first-order valence-corrected chi connectivity index (χ1v) is 7.53. The zero-order valence-corrected chi connectivity index (χ0v) is 13.8. The van der Waals surface area contributed by atoms with E-state index in [1.165, 1.54) is 6.07 Å². The second-order valence-corrected chi connectivity index (χ2v) is 5.27. The number of benzene rings is 1. The van der Waals surface area contributed by atoms with E-state index in [1.807, 2.05) is 0 Å². The molecule has 0 atom stereocenters. The molecule has 2 N–H and O–H groups in total. The molecule has 2 aromatic heterocycles. The number of hydrogen-bond donors (Lipinski definition) is 1. The van der Waals surface area contributed by atoms with Crippen LogP contribution in [0.3, 0.4) is 0 Å². The Labute approximate surface area is 184 Å². The van der Waals surface area contributed by atoms with E-state index in [1.54, 1.807) is 0 Å². The maximum Gasteiger partial charge on any atom is 0.289 e. The zero-order valence-electron chi connectivity index (χ0n) is 29.8. The second kappa shape index (κ2) is 7.26. The summed E-state index contributed by atoms with van der Waals surface area (Å²) in [5.41, 5.74) is -0.685. The zero-order chi connectivity index (χ0) is 33.4. The molecule has 1 aromatic carbocycles. The Balaban J connectivity index is 2.00. The van der Waals surface area contributed by atoms with Crippen molar-refractivity contribution in [3.8, 4) is 11.5 Å². The molecular weight excluding hydrogens is 362 g/mol. The number of anilines is 2. The van der Waals surface area contributed by atoms with Gasteiger partial charge in [-0.1, -0.05) is 0 Å². The van der Waals surface area contributed by atoms with Crippen molar-refractivity contribution in [2.45, 2.75) is 0 Å². The van der Waals surface area contributed by atoms with Crippen LogP contribution in [-0.4, -0.2) is 60.8 Å². The van der Waals surface area contributed by atoms with Gasteiger partial charge in [0.15, 0.2) is 20.1 Å². The number of aromatic nitrogens is 2. The molecule has 0 bridgehead atoms. The van der Waals surface area contributed by atoms with Crippen LogP contribution in [0.25, 0.3) is 10.9 Å². The van der Waals surface area contributed by atoms with E-state index in [-0.39, 0.29) is 20.9 Å². The lowest BCUT2D eigenvalue weighted by molar-refractivity contribution is 0.0714. The molecule has 1 fully saturated rings. The van der Waals surface area contributed by atoms with Gasteiger partial charge in [0.2, 0.25) is 5.95 Å². The van der Waals surface area contributed by atoms with Gasteiger partial charge < -0.3 is 29.4 Å². The fraction of sp³-hybridized carbons (Fsp3) is 0.316. The summed E-state index contributed by atoms with van der Waals surface area (Å²) < 4.78 is 143. The highest BCUT2D eigenvalue weighted by atomic mass is 16.5. The third-order valence-corrected chi connectivity index (χ3v) is 3.63. The Kier molecular flexibility index (Phi) is 1.86. The fourth-order valence-corrected chi connectivity index (χ4v) is 2.34. The summed E-state index contributed by atoms with van der Waals surface area (Å²) in [4.78, 5) is 20.4. The van der Waals surface area contributed by atoms with E-state index in [4.69, 9.17) is 35.9 Å². The van der Waals surface area contributed by atoms with Crippen LogP contribution in [0.5, 0.6) is 11.5 Å². The number of carbonyl (C=O) groups excluding carboxylic acids is 1. The minimum Gasteiger partial charge on any atom is -0.493 e. The van der Waals surface area contributed by atoms with Crippen LogP contribution in [0.4, 0.5) is 11.8 Å². The van der Waals surface area contributed by atoms with Crippen molar-refractivity contribution in [2.75, 3.05) is 50.7 Å². The highest BCUT2D eigenvalue weighted by Gasteiger charge is 2.25.